The standard InChI is InChI=1S/C24H33N5O4/c1-27-10-7-19(8-11-27)28-12-14-29(15-13-28)24(33)20(4-5-22(30)31)26-23(32)18-3-2-17-6-9-25-21(17)16-18/h2-3,6,9,16,19-20,25H,4-5,7-8,10-15H2,1H3,(H,26,32)(H,30,31)/t20-/m1/s1. The number of hydrogen-bond donors (Lipinski definition) is 3. The van der Waals surface area contributed by atoms with E-state index in [1.165, 1.54) is 0 Å². The molecule has 9 heteroatoms. The van der Waals surface area contributed by atoms with E-state index < -0.39 is 12.0 Å². The molecule has 3 N–H and O–H groups in total. The van der Waals surface area contributed by atoms with Gasteiger partial charge in [-0.1, -0.05) is 6.07 Å². The lowest BCUT2D eigenvalue weighted by molar-refractivity contribution is -0.138. The lowest BCUT2D eigenvalue weighted by atomic mass is 10.0. The number of likely N-dealkylation sites (tertiary alicyclic amines) is 1. The van der Waals surface area contributed by atoms with E-state index in [1.807, 2.05) is 12.1 Å². The second kappa shape index (κ2) is 10.4. The fraction of sp³-hybridized carbons (Fsp3) is 0.542. The summed E-state index contributed by atoms with van der Waals surface area (Å²) in [5.74, 6) is -1.56. The summed E-state index contributed by atoms with van der Waals surface area (Å²) in [6, 6.07) is 6.92. The highest BCUT2D eigenvalue weighted by molar-refractivity contribution is 6.00. The number of H-pyrrole nitrogens is 1. The molecule has 2 amide bonds. The molecule has 0 aliphatic carbocycles. The van der Waals surface area contributed by atoms with Gasteiger partial charge in [-0.25, -0.2) is 0 Å². The van der Waals surface area contributed by atoms with Crippen molar-refractivity contribution in [2.24, 2.45) is 0 Å². The van der Waals surface area contributed by atoms with Crippen molar-refractivity contribution < 1.29 is 19.5 Å². The first kappa shape index (κ1) is 23.3. The van der Waals surface area contributed by atoms with E-state index in [0.29, 0.717) is 24.7 Å². The van der Waals surface area contributed by atoms with E-state index >= 15 is 0 Å². The summed E-state index contributed by atoms with van der Waals surface area (Å²) in [5, 5.41) is 12.9. The predicted octanol–water partition coefficient (Wildman–Crippen LogP) is 1.37. The van der Waals surface area contributed by atoms with Gasteiger partial charge in [0.1, 0.15) is 6.04 Å². The number of carbonyl (C=O) groups excluding carboxylic acids is 2. The van der Waals surface area contributed by atoms with Crippen molar-refractivity contribution in [3.63, 3.8) is 0 Å². The zero-order valence-electron chi connectivity index (χ0n) is 19.1. The lowest BCUT2D eigenvalue weighted by Gasteiger charge is -2.42. The Morgan fingerprint density at radius 3 is 2.52 bits per heavy atom. The van der Waals surface area contributed by atoms with Crippen molar-refractivity contribution >= 4 is 28.7 Å². The molecule has 2 fully saturated rings. The molecule has 2 aliphatic heterocycles. The third kappa shape index (κ3) is 5.72. The number of rotatable bonds is 7. The Morgan fingerprint density at radius 2 is 1.82 bits per heavy atom. The molecule has 0 unspecified atom stereocenters. The molecule has 0 spiro atoms. The fourth-order valence-corrected chi connectivity index (χ4v) is 4.84. The van der Waals surface area contributed by atoms with Gasteiger partial charge in [0.15, 0.2) is 0 Å². The topological polar surface area (TPSA) is 109 Å². The van der Waals surface area contributed by atoms with Crippen molar-refractivity contribution in [2.45, 2.75) is 37.8 Å². The van der Waals surface area contributed by atoms with Crippen LogP contribution >= 0.6 is 0 Å². The van der Waals surface area contributed by atoms with Gasteiger partial charge in [-0.15, -0.1) is 0 Å². The number of piperidine rings is 1. The SMILES string of the molecule is CN1CCC(N2CCN(C(=O)[C@@H](CCC(=O)O)NC(=O)c3ccc4cc[nH]c4c3)CC2)CC1. The normalized spacial score (nSPS) is 19.5. The maximum absolute atomic E-state index is 13.3. The molecule has 2 saturated heterocycles. The highest BCUT2D eigenvalue weighted by Gasteiger charge is 2.32. The molecular weight excluding hydrogens is 422 g/mol. The van der Waals surface area contributed by atoms with Crippen LogP contribution in [0.25, 0.3) is 10.9 Å². The van der Waals surface area contributed by atoms with Crippen LogP contribution in [-0.2, 0) is 9.59 Å². The number of aromatic amines is 1. The van der Waals surface area contributed by atoms with Gasteiger partial charge in [-0.3, -0.25) is 19.3 Å². The number of piperazine rings is 1. The molecule has 178 valence electrons. The summed E-state index contributed by atoms with van der Waals surface area (Å²) in [5.41, 5.74) is 1.27. The number of carboxylic acid groups (broad SMARTS) is 1. The van der Waals surface area contributed by atoms with Crippen molar-refractivity contribution in [1.82, 2.24) is 25.0 Å². The third-order valence-electron chi connectivity index (χ3n) is 6.90. The van der Waals surface area contributed by atoms with E-state index in [1.54, 1.807) is 23.2 Å². The first-order valence-electron chi connectivity index (χ1n) is 11.7. The molecule has 3 heterocycles. The molecule has 0 radical (unpaired) electrons. The Hall–Kier alpha value is -2.91. The number of benzene rings is 1. The maximum atomic E-state index is 13.3. The Kier molecular flexibility index (Phi) is 7.29. The fourth-order valence-electron chi connectivity index (χ4n) is 4.84. The predicted molar refractivity (Wildman–Crippen MR) is 125 cm³/mol. The summed E-state index contributed by atoms with van der Waals surface area (Å²) >= 11 is 0. The van der Waals surface area contributed by atoms with E-state index in [2.05, 4.69) is 27.1 Å². The van der Waals surface area contributed by atoms with Gasteiger partial charge in [0, 0.05) is 55.9 Å². The van der Waals surface area contributed by atoms with Crippen LogP contribution in [-0.4, -0.2) is 101 Å². The molecule has 4 rings (SSSR count). The van der Waals surface area contributed by atoms with Crippen LogP contribution in [0.2, 0.25) is 0 Å². The Balaban J connectivity index is 1.38. The summed E-state index contributed by atoms with van der Waals surface area (Å²) in [6.07, 6.45) is 3.98. The van der Waals surface area contributed by atoms with Gasteiger partial charge in [-0.05, 0) is 63.0 Å². The molecule has 9 nitrogen and oxygen atoms in total. The molecule has 1 aromatic heterocycles. The van der Waals surface area contributed by atoms with Crippen LogP contribution in [0.5, 0.6) is 0 Å². The number of amides is 2. The molecule has 2 aliphatic rings. The number of aromatic nitrogens is 1. The van der Waals surface area contributed by atoms with E-state index in [0.717, 1.165) is 49.9 Å². The van der Waals surface area contributed by atoms with E-state index in [4.69, 9.17) is 5.11 Å². The Labute approximate surface area is 193 Å². The average Bonchev–Trinajstić information content (AvgIpc) is 3.29. The number of hydrogen-bond acceptors (Lipinski definition) is 5. The molecule has 33 heavy (non-hydrogen) atoms. The minimum Gasteiger partial charge on any atom is -0.481 e. The summed E-state index contributed by atoms with van der Waals surface area (Å²) in [7, 11) is 2.15. The molecule has 0 saturated carbocycles. The minimum absolute atomic E-state index is 0.0693. The van der Waals surface area contributed by atoms with Gasteiger partial charge in [0.05, 0.1) is 0 Å². The smallest absolute Gasteiger partial charge is 0.303 e. The highest BCUT2D eigenvalue weighted by atomic mass is 16.4. The monoisotopic (exact) mass is 455 g/mol. The molecular formula is C24H33N5O4. The van der Waals surface area contributed by atoms with Crippen LogP contribution < -0.4 is 5.32 Å². The molecule has 1 atom stereocenters. The quantitative estimate of drug-likeness (QED) is 0.582. The van der Waals surface area contributed by atoms with Crippen LogP contribution in [0.3, 0.4) is 0 Å². The minimum atomic E-state index is -0.984. The Bertz CT molecular complexity index is 990. The summed E-state index contributed by atoms with van der Waals surface area (Å²) in [6.45, 7) is 5.01. The van der Waals surface area contributed by atoms with Crippen molar-refractivity contribution in [3.8, 4) is 0 Å². The van der Waals surface area contributed by atoms with E-state index in [9.17, 15) is 14.4 Å². The average molecular weight is 456 g/mol. The van der Waals surface area contributed by atoms with Gasteiger partial charge in [0.25, 0.3) is 5.91 Å². The van der Waals surface area contributed by atoms with Gasteiger partial charge in [0.2, 0.25) is 5.91 Å². The lowest BCUT2D eigenvalue weighted by Crippen LogP contribution is -2.57. The second-order valence-corrected chi connectivity index (χ2v) is 9.13. The third-order valence-corrected chi connectivity index (χ3v) is 6.90. The Morgan fingerprint density at radius 1 is 1.09 bits per heavy atom. The number of aliphatic carboxylic acids is 1. The van der Waals surface area contributed by atoms with Crippen LogP contribution in [0.15, 0.2) is 30.5 Å². The summed E-state index contributed by atoms with van der Waals surface area (Å²) < 4.78 is 0. The first-order chi connectivity index (χ1) is 15.9. The first-order valence-corrected chi connectivity index (χ1v) is 11.7. The zero-order chi connectivity index (χ0) is 23.4. The van der Waals surface area contributed by atoms with Gasteiger partial charge >= 0.3 is 5.97 Å². The van der Waals surface area contributed by atoms with E-state index in [-0.39, 0.29) is 24.7 Å². The van der Waals surface area contributed by atoms with Crippen LogP contribution in [0.1, 0.15) is 36.0 Å². The van der Waals surface area contributed by atoms with Crippen LogP contribution in [0.4, 0.5) is 0 Å². The van der Waals surface area contributed by atoms with Crippen molar-refractivity contribution in [3.05, 3.63) is 36.0 Å². The zero-order valence-corrected chi connectivity index (χ0v) is 19.1. The van der Waals surface area contributed by atoms with Gasteiger partial charge < -0.3 is 25.2 Å². The molecule has 0 bridgehead atoms. The van der Waals surface area contributed by atoms with Crippen molar-refractivity contribution in [1.29, 1.82) is 0 Å². The number of carboxylic acids is 1. The van der Waals surface area contributed by atoms with Crippen molar-refractivity contribution in [2.75, 3.05) is 46.3 Å². The number of nitrogens with one attached hydrogen (secondary N) is 2. The number of nitrogens with zero attached hydrogens (tertiary/aromatic N) is 3. The maximum Gasteiger partial charge on any atom is 0.303 e. The molecule has 2 aromatic rings. The largest absolute Gasteiger partial charge is 0.481 e. The highest BCUT2D eigenvalue weighted by Crippen LogP contribution is 2.19. The second-order valence-electron chi connectivity index (χ2n) is 9.13. The molecule has 1 aromatic carbocycles. The van der Waals surface area contributed by atoms with Crippen LogP contribution in [0, 0.1) is 0 Å². The number of fused-ring (bicyclic) bond motifs is 1. The number of carbonyl (C=O) groups is 3. The summed E-state index contributed by atoms with van der Waals surface area (Å²) in [4.78, 5) is 47.0. The van der Waals surface area contributed by atoms with Gasteiger partial charge in [-0.2, -0.15) is 0 Å².